The van der Waals surface area contributed by atoms with Crippen molar-refractivity contribution in [3.8, 4) is 0 Å². The van der Waals surface area contributed by atoms with Crippen molar-refractivity contribution in [2.45, 2.75) is 69.0 Å². The van der Waals surface area contributed by atoms with Gasteiger partial charge in [-0.1, -0.05) is 91.0 Å². The highest BCUT2D eigenvalue weighted by Crippen LogP contribution is 2.26. The molecular weight excluding hydrogens is 637 g/mol. The number of sulfonamides is 1. The lowest BCUT2D eigenvalue weighted by Crippen LogP contribution is -2.55. The van der Waals surface area contributed by atoms with Gasteiger partial charge in [0.2, 0.25) is 11.8 Å². The molecule has 0 spiro atoms. The minimum atomic E-state index is -4.32. The molecule has 1 N–H and O–H groups in total. The van der Waals surface area contributed by atoms with Crippen LogP contribution in [0.1, 0.15) is 48.8 Å². The quantitative estimate of drug-likeness (QED) is 0.174. The fourth-order valence-corrected chi connectivity index (χ4v) is 7.53. The maximum atomic E-state index is 14.6. The Morgan fingerprint density at radius 2 is 1.53 bits per heavy atom. The molecule has 0 saturated heterocycles. The van der Waals surface area contributed by atoms with Gasteiger partial charge in [-0.05, 0) is 79.4 Å². The summed E-state index contributed by atoms with van der Waals surface area (Å²) in [6.07, 6.45) is 5.11. The third-order valence-electron chi connectivity index (χ3n) is 8.47. The van der Waals surface area contributed by atoms with Gasteiger partial charge in [-0.3, -0.25) is 13.9 Å². The van der Waals surface area contributed by atoms with Crippen LogP contribution < -0.4 is 9.62 Å². The molecule has 1 fully saturated rings. The van der Waals surface area contributed by atoms with Crippen molar-refractivity contribution in [1.29, 1.82) is 0 Å². The molecule has 0 aromatic heterocycles. The average molecular weight is 676 g/mol. The monoisotopic (exact) mass is 675 g/mol. The zero-order valence-corrected chi connectivity index (χ0v) is 27.9. The first-order valence-corrected chi connectivity index (χ1v) is 17.6. The van der Waals surface area contributed by atoms with E-state index in [-0.39, 0.29) is 35.5 Å². The largest absolute Gasteiger partial charge is 0.352 e. The molecule has 0 radical (unpaired) electrons. The molecule has 0 aliphatic heterocycles. The van der Waals surface area contributed by atoms with Gasteiger partial charge in [-0.2, -0.15) is 0 Å². The molecule has 4 aromatic rings. The first-order chi connectivity index (χ1) is 22.6. The lowest BCUT2D eigenvalue weighted by molar-refractivity contribution is -0.140. The van der Waals surface area contributed by atoms with Gasteiger partial charge < -0.3 is 10.2 Å². The van der Waals surface area contributed by atoms with E-state index in [9.17, 15) is 22.4 Å². The number of nitrogens with one attached hydrogen (secondary N) is 1. The van der Waals surface area contributed by atoms with Crippen LogP contribution in [-0.4, -0.2) is 43.8 Å². The first kappa shape index (κ1) is 34.1. The second kappa shape index (κ2) is 15.6. The predicted octanol–water partition coefficient (Wildman–Crippen LogP) is 7.07. The molecule has 47 heavy (non-hydrogen) atoms. The number of carbonyl (C=O) groups excluding carboxylic acids is 2. The summed E-state index contributed by atoms with van der Waals surface area (Å²) in [5.74, 6) is -1.45. The number of hydrogen-bond acceptors (Lipinski definition) is 4. The van der Waals surface area contributed by atoms with Crippen LogP contribution in [0.4, 0.5) is 10.1 Å². The van der Waals surface area contributed by atoms with Gasteiger partial charge in [-0.25, -0.2) is 12.8 Å². The van der Waals surface area contributed by atoms with Gasteiger partial charge in [0.1, 0.15) is 18.4 Å². The van der Waals surface area contributed by atoms with E-state index in [2.05, 4.69) is 5.32 Å². The van der Waals surface area contributed by atoms with Gasteiger partial charge in [0.25, 0.3) is 10.0 Å². The minimum absolute atomic E-state index is 0.000515. The lowest BCUT2D eigenvalue weighted by atomic mass is 9.94. The van der Waals surface area contributed by atoms with Crippen LogP contribution in [0.5, 0.6) is 0 Å². The molecule has 246 valence electrons. The molecule has 4 aromatic carbocycles. The standard InChI is InChI=1S/C37H39ClFN3O4S/c1-27-15-19-33(20-16-27)42(47(45,46)34-21-17-31(39)18-22-34)26-36(43)41(25-29-11-8-12-30(38)23-29)35(24-28-9-4-2-5-10-28)37(44)40-32-13-6-3-7-14-32/h2,4-5,8-12,15-23,32,35H,3,6-7,13-14,24-26H2,1H3,(H,40,44)/t35-/m1/s1. The Kier molecular flexibility index (Phi) is 11.3. The van der Waals surface area contributed by atoms with E-state index in [1.54, 1.807) is 42.5 Å². The summed E-state index contributed by atoms with van der Waals surface area (Å²) in [6.45, 7) is 1.30. The number of aryl methyl sites for hydroxylation is 1. The smallest absolute Gasteiger partial charge is 0.264 e. The van der Waals surface area contributed by atoms with E-state index in [0.717, 1.165) is 59.7 Å². The molecule has 0 heterocycles. The number of benzene rings is 4. The van der Waals surface area contributed by atoms with Gasteiger partial charge >= 0.3 is 0 Å². The van der Waals surface area contributed by atoms with Crippen molar-refractivity contribution in [2.75, 3.05) is 10.8 Å². The zero-order chi connectivity index (χ0) is 33.4. The predicted molar refractivity (Wildman–Crippen MR) is 183 cm³/mol. The Balaban J connectivity index is 1.56. The maximum Gasteiger partial charge on any atom is 0.264 e. The van der Waals surface area contributed by atoms with Crippen LogP contribution >= 0.6 is 11.6 Å². The molecular formula is C37H39ClFN3O4S. The van der Waals surface area contributed by atoms with E-state index >= 15 is 0 Å². The van der Waals surface area contributed by atoms with E-state index < -0.39 is 34.3 Å². The summed E-state index contributed by atoms with van der Waals surface area (Å²) >= 11 is 6.33. The number of rotatable bonds is 12. The topological polar surface area (TPSA) is 86.8 Å². The van der Waals surface area contributed by atoms with E-state index in [1.165, 1.54) is 17.0 Å². The molecule has 10 heteroatoms. The molecule has 7 nitrogen and oxygen atoms in total. The number of amides is 2. The van der Waals surface area contributed by atoms with Crippen LogP contribution in [0.2, 0.25) is 5.02 Å². The maximum absolute atomic E-state index is 14.6. The van der Waals surface area contributed by atoms with Crippen molar-refractivity contribution in [2.24, 2.45) is 0 Å². The highest BCUT2D eigenvalue weighted by molar-refractivity contribution is 7.92. The number of halogens is 2. The average Bonchev–Trinajstić information content (AvgIpc) is 3.06. The number of nitrogens with zero attached hydrogens (tertiary/aromatic N) is 2. The van der Waals surface area contributed by atoms with Crippen LogP contribution in [0.15, 0.2) is 108 Å². The minimum Gasteiger partial charge on any atom is -0.352 e. The Bertz CT molecular complexity index is 1760. The Labute approximate surface area is 281 Å². The van der Waals surface area contributed by atoms with Gasteiger partial charge in [0.05, 0.1) is 10.6 Å². The summed E-state index contributed by atoms with van der Waals surface area (Å²) in [5.41, 5.74) is 2.72. The molecule has 0 unspecified atom stereocenters. The Morgan fingerprint density at radius 3 is 2.19 bits per heavy atom. The Morgan fingerprint density at radius 1 is 0.872 bits per heavy atom. The summed E-state index contributed by atoms with van der Waals surface area (Å²) in [5, 5.41) is 3.67. The third kappa shape index (κ3) is 8.99. The molecule has 1 aliphatic rings. The molecule has 5 rings (SSSR count). The highest BCUT2D eigenvalue weighted by atomic mass is 35.5. The Hall–Kier alpha value is -4.21. The molecule has 2 amide bonds. The summed E-state index contributed by atoms with van der Waals surface area (Å²) in [4.78, 5) is 30.0. The third-order valence-corrected chi connectivity index (χ3v) is 10.5. The second-order valence-corrected chi connectivity index (χ2v) is 14.3. The highest BCUT2D eigenvalue weighted by Gasteiger charge is 2.35. The van der Waals surface area contributed by atoms with Crippen LogP contribution in [0.25, 0.3) is 0 Å². The van der Waals surface area contributed by atoms with Crippen LogP contribution in [0, 0.1) is 12.7 Å². The van der Waals surface area contributed by atoms with Gasteiger partial charge in [0, 0.05) is 24.0 Å². The van der Waals surface area contributed by atoms with Crippen molar-refractivity contribution in [3.63, 3.8) is 0 Å². The normalized spacial score (nSPS) is 14.3. The fraction of sp³-hybridized carbons (Fsp3) is 0.297. The zero-order valence-electron chi connectivity index (χ0n) is 26.3. The van der Waals surface area contributed by atoms with Crippen molar-refractivity contribution < 1.29 is 22.4 Å². The summed E-state index contributed by atoms with van der Waals surface area (Å²) in [7, 11) is -4.32. The second-order valence-electron chi connectivity index (χ2n) is 12.0. The van der Waals surface area contributed by atoms with E-state index in [0.29, 0.717) is 10.6 Å². The van der Waals surface area contributed by atoms with Gasteiger partial charge in [0.15, 0.2) is 0 Å². The van der Waals surface area contributed by atoms with Crippen molar-refractivity contribution in [1.82, 2.24) is 10.2 Å². The molecule has 0 bridgehead atoms. The van der Waals surface area contributed by atoms with E-state index in [4.69, 9.17) is 11.6 Å². The molecule has 1 saturated carbocycles. The number of carbonyl (C=O) groups is 2. The van der Waals surface area contributed by atoms with Crippen LogP contribution in [-0.2, 0) is 32.6 Å². The number of anilines is 1. The van der Waals surface area contributed by atoms with Crippen molar-refractivity contribution in [3.05, 3.63) is 131 Å². The van der Waals surface area contributed by atoms with Gasteiger partial charge in [-0.15, -0.1) is 0 Å². The fourth-order valence-electron chi connectivity index (χ4n) is 5.90. The SMILES string of the molecule is Cc1ccc(N(CC(=O)N(Cc2cccc(Cl)c2)[C@H](Cc2ccccc2)C(=O)NC2CCCCC2)S(=O)(=O)c2ccc(F)cc2)cc1. The summed E-state index contributed by atoms with van der Waals surface area (Å²) in [6, 6.07) is 26.8. The van der Waals surface area contributed by atoms with Crippen LogP contribution in [0.3, 0.4) is 0 Å². The molecule has 1 aliphatic carbocycles. The van der Waals surface area contributed by atoms with E-state index in [1.807, 2.05) is 43.3 Å². The first-order valence-electron chi connectivity index (χ1n) is 15.8. The lowest BCUT2D eigenvalue weighted by Gasteiger charge is -2.35. The molecule has 1 atom stereocenters. The summed E-state index contributed by atoms with van der Waals surface area (Å²) < 4.78 is 43.0. The van der Waals surface area contributed by atoms with Crippen molar-refractivity contribution >= 4 is 39.1 Å². The number of hydrogen-bond donors (Lipinski definition) is 1.